The number of aliphatic hydroxyl groups is 1. The van der Waals surface area contributed by atoms with E-state index in [9.17, 15) is 0 Å². The summed E-state index contributed by atoms with van der Waals surface area (Å²) >= 11 is 5.88. The highest BCUT2D eigenvalue weighted by Gasteiger charge is 2.16. The van der Waals surface area contributed by atoms with E-state index >= 15 is 0 Å². The van der Waals surface area contributed by atoms with E-state index in [1.165, 1.54) is 5.69 Å². The van der Waals surface area contributed by atoms with E-state index in [-0.39, 0.29) is 6.61 Å². The maximum absolute atomic E-state index is 8.80. The fourth-order valence-corrected chi connectivity index (χ4v) is 2.30. The molecule has 0 aromatic heterocycles. The average molecular weight is 255 g/mol. The second-order valence-electron chi connectivity index (χ2n) is 4.38. The van der Waals surface area contributed by atoms with Gasteiger partial charge in [-0.1, -0.05) is 11.6 Å². The van der Waals surface area contributed by atoms with Crippen molar-refractivity contribution >= 4 is 17.3 Å². The summed E-state index contributed by atoms with van der Waals surface area (Å²) in [7, 11) is 0. The molecule has 1 saturated heterocycles. The molecule has 3 nitrogen and oxygen atoms in total. The third-order valence-corrected chi connectivity index (χ3v) is 3.45. The van der Waals surface area contributed by atoms with Crippen molar-refractivity contribution in [2.75, 3.05) is 44.2 Å². The fourth-order valence-electron chi connectivity index (χ4n) is 2.18. The van der Waals surface area contributed by atoms with Gasteiger partial charge in [0.2, 0.25) is 0 Å². The minimum Gasteiger partial charge on any atom is -0.396 e. The predicted octanol–water partition coefficient (Wildman–Crippen LogP) is 1.84. The zero-order chi connectivity index (χ0) is 12.1. The molecule has 1 aromatic carbocycles. The molecule has 0 spiro atoms. The van der Waals surface area contributed by atoms with Gasteiger partial charge < -0.3 is 10.0 Å². The van der Waals surface area contributed by atoms with Crippen molar-refractivity contribution in [1.29, 1.82) is 0 Å². The molecule has 1 fully saturated rings. The normalized spacial score (nSPS) is 17.4. The molecule has 1 aliphatic rings. The van der Waals surface area contributed by atoms with Crippen LogP contribution in [0.2, 0.25) is 5.02 Å². The van der Waals surface area contributed by atoms with Crippen LogP contribution in [0.25, 0.3) is 0 Å². The molecule has 2 rings (SSSR count). The average Bonchev–Trinajstić information content (AvgIpc) is 2.38. The third-order valence-electron chi connectivity index (χ3n) is 3.20. The first-order valence-corrected chi connectivity index (χ1v) is 6.51. The standard InChI is InChI=1S/C13H19ClN2O/c14-12-2-4-13(5-3-12)16-9-7-15(8-10-16)6-1-11-17/h2-5,17H,1,6-11H2. The molecule has 0 saturated carbocycles. The number of anilines is 1. The van der Waals surface area contributed by atoms with Gasteiger partial charge in [-0.25, -0.2) is 0 Å². The fraction of sp³-hybridized carbons (Fsp3) is 0.538. The number of aliphatic hydroxyl groups excluding tert-OH is 1. The van der Waals surface area contributed by atoms with Gasteiger partial charge in [-0.3, -0.25) is 4.90 Å². The Labute approximate surface area is 108 Å². The highest BCUT2D eigenvalue weighted by molar-refractivity contribution is 6.30. The summed E-state index contributed by atoms with van der Waals surface area (Å²) in [5, 5.41) is 9.59. The number of halogens is 1. The summed E-state index contributed by atoms with van der Waals surface area (Å²) in [6, 6.07) is 8.03. The van der Waals surface area contributed by atoms with Gasteiger partial charge in [0.05, 0.1) is 0 Å². The van der Waals surface area contributed by atoms with Crippen LogP contribution in [0.4, 0.5) is 5.69 Å². The van der Waals surface area contributed by atoms with Crippen LogP contribution in [0.15, 0.2) is 24.3 Å². The molecule has 1 aromatic rings. The number of hydrogen-bond acceptors (Lipinski definition) is 3. The van der Waals surface area contributed by atoms with E-state index in [0.717, 1.165) is 44.2 Å². The van der Waals surface area contributed by atoms with Crippen LogP contribution in [-0.2, 0) is 0 Å². The van der Waals surface area contributed by atoms with Gasteiger partial charge in [0.1, 0.15) is 0 Å². The molecular weight excluding hydrogens is 236 g/mol. The number of benzene rings is 1. The summed E-state index contributed by atoms with van der Waals surface area (Å²) in [6.07, 6.45) is 0.876. The largest absolute Gasteiger partial charge is 0.396 e. The first-order chi connectivity index (χ1) is 8.29. The topological polar surface area (TPSA) is 26.7 Å². The lowest BCUT2D eigenvalue weighted by Crippen LogP contribution is -2.46. The number of nitrogens with zero attached hydrogens (tertiary/aromatic N) is 2. The Morgan fingerprint density at radius 1 is 1.06 bits per heavy atom. The first kappa shape index (κ1) is 12.7. The molecule has 4 heteroatoms. The van der Waals surface area contributed by atoms with Crippen molar-refractivity contribution in [3.8, 4) is 0 Å². The molecule has 0 bridgehead atoms. The summed E-state index contributed by atoms with van der Waals surface area (Å²) in [4.78, 5) is 4.79. The second-order valence-corrected chi connectivity index (χ2v) is 4.82. The van der Waals surface area contributed by atoms with E-state index in [2.05, 4.69) is 21.9 Å². The van der Waals surface area contributed by atoms with Crippen molar-refractivity contribution in [2.45, 2.75) is 6.42 Å². The molecule has 1 heterocycles. The summed E-state index contributed by atoms with van der Waals surface area (Å²) in [5.41, 5.74) is 1.25. The molecule has 0 atom stereocenters. The Hall–Kier alpha value is -0.770. The lowest BCUT2D eigenvalue weighted by molar-refractivity contribution is 0.216. The molecular formula is C13H19ClN2O. The van der Waals surface area contributed by atoms with Gasteiger partial charge in [-0.15, -0.1) is 0 Å². The van der Waals surface area contributed by atoms with Crippen LogP contribution in [0.5, 0.6) is 0 Å². The summed E-state index contributed by atoms with van der Waals surface area (Å²) in [6.45, 7) is 5.54. The van der Waals surface area contributed by atoms with Crippen molar-refractivity contribution < 1.29 is 5.11 Å². The maximum atomic E-state index is 8.80. The lowest BCUT2D eigenvalue weighted by Gasteiger charge is -2.36. The Morgan fingerprint density at radius 2 is 1.71 bits per heavy atom. The quantitative estimate of drug-likeness (QED) is 0.888. The number of hydrogen-bond donors (Lipinski definition) is 1. The zero-order valence-corrected chi connectivity index (χ0v) is 10.7. The second kappa shape index (κ2) is 6.24. The van der Waals surface area contributed by atoms with Crippen LogP contribution < -0.4 is 4.90 Å². The van der Waals surface area contributed by atoms with Crippen molar-refractivity contribution in [3.63, 3.8) is 0 Å². The van der Waals surface area contributed by atoms with E-state index in [1.807, 2.05) is 12.1 Å². The van der Waals surface area contributed by atoms with Crippen LogP contribution in [0.3, 0.4) is 0 Å². The van der Waals surface area contributed by atoms with E-state index < -0.39 is 0 Å². The molecule has 0 aliphatic carbocycles. The van der Waals surface area contributed by atoms with Gasteiger partial charge in [0.25, 0.3) is 0 Å². The first-order valence-electron chi connectivity index (χ1n) is 6.13. The molecule has 0 radical (unpaired) electrons. The van der Waals surface area contributed by atoms with E-state index in [4.69, 9.17) is 16.7 Å². The van der Waals surface area contributed by atoms with Gasteiger partial charge in [-0.2, -0.15) is 0 Å². The highest BCUT2D eigenvalue weighted by Crippen LogP contribution is 2.19. The molecule has 94 valence electrons. The van der Waals surface area contributed by atoms with E-state index in [1.54, 1.807) is 0 Å². The molecule has 1 N–H and O–H groups in total. The number of piperazine rings is 1. The summed E-state index contributed by atoms with van der Waals surface area (Å²) in [5.74, 6) is 0. The van der Waals surface area contributed by atoms with Gasteiger partial charge in [0, 0.05) is 50.0 Å². The van der Waals surface area contributed by atoms with Crippen molar-refractivity contribution in [2.24, 2.45) is 0 Å². The smallest absolute Gasteiger partial charge is 0.0443 e. The zero-order valence-electron chi connectivity index (χ0n) is 9.98. The van der Waals surface area contributed by atoms with Crippen molar-refractivity contribution in [1.82, 2.24) is 4.90 Å². The Morgan fingerprint density at radius 3 is 2.29 bits per heavy atom. The predicted molar refractivity (Wildman–Crippen MR) is 71.8 cm³/mol. The van der Waals surface area contributed by atoms with E-state index in [0.29, 0.717) is 0 Å². The minimum atomic E-state index is 0.289. The lowest BCUT2D eigenvalue weighted by atomic mass is 10.2. The van der Waals surface area contributed by atoms with Gasteiger partial charge in [0.15, 0.2) is 0 Å². The SMILES string of the molecule is OCCCN1CCN(c2ccc(Cl)cc2)CC1. The van der Waals surface area contributed by atoms with Crippen LogP contribution in [-0.4, -0.2) is 49.3 Å². The van der Waals surface area contributed by atoms with Crippen LogP contribution >= 0.6 is 11.6 Å². The molecule has 0 amide bonds. The van der Waals surface area contributed by atoms with Crippen molar-refractivity contribution in [3.05, 3.63) is 29.3 Å². The molecule has 0 unspecified atom stereocenters. The third kappa shape index (κ3) is 3.60. The Kier molecular flexibility index (Phi) is 4.66. The van der Waals surface area contributed by atoms with Crippen LogP contribution in [0.1, 0.15) is 6.42 Å². The highest BCUT2D eigenvalue weighted by atomic mass is 35.5. The molecule has 1 aliphatic heterocycles. The number of rotatable bonds is 4. The Bertz CT molecular complexity index is 334. The maximum Gasteiger partial charge on any atom is 0.0443 e. The van der Waals surface area contributed by atoms with Gasteiger partial charge in [-0.05, 0) is 30.7 Å². The van der Waals surface area contributed by atoms with Gasteiger partial charge >= 0.3 is 0 Å². The summed E-state index contributed by atoms with van der Waals surface area (Å²) < 4.78 is 0. The minimum absolute atomic E-state index is 0.289. The monoisotopic (exact) mass is 254 g/mol. The van der Waals surface area contributed by atoms with Crippen LogP contribution in [0, 0.1) is 0 Å². The Balaban J connectivity index is 1.84. The molecule has 17 heavy (non-hydrogen) atoms.